The lowest BCUT2D eigenvalue weighted by atomic mass is 9.83. The maximum absolute atomic E-state index is 5.84. The Kier molecular flexibility index (Phi) is 5.66. The number of hydrogen-bond acceptors (Lipinski definition) is 1. The summed E-state index contributed by atoms with van der Waals surface area (Å²) in [4.78, 5) is 0. The summed E-state index contributed by atoms with van der Waals surface area (Å²) in [5.41, 5.74) is 4.36. The Bertz CT molecular complexity index is 369. The van der Waals surface area contributed by atoms with Crippen LogP contribution in [0, 0.1) is 0 Å². The van der Waals surface area contributed by atoms with Crippen molar-refractivity contribution in [2.45, 2.75) is 50.3 Å². The van der Waals surface area contributed by atoms with E-state index >= 15 is 0 Å². The van der Waals surface area contributed by atoms with Crippen LogP contribution in [0.5, 0.6) is 0 Å². The van der Waals surface area contributed by atoms with Gasteiger partial charge in [0.1, 0.15) is 0 Å². The molecule has 1 radical (unpaired) electrons. The van der Waals surface area contributed by atoms with Crippen molar-refractivity contribution < 1.29 is 4.43 Å². The summed E-state index contributed by atoms with van der Waals surface area (Å²) in [6, 6.07) is 6.79. The molecule has 1 nitrogen and oxygen atoms in total. The van der Waals surface area contributed by atoms with E-state index in [-0.39, 0.29) is 5.41 Å². The number of hydrogen-bond donors (Lipinski definition) is 0. The van der Waals surface area contributed by atoms with Crippen LogP contribution < -0.4 is 0 Å². The molecule has 0 heterocycles. The smallest absolute Gasteiger partial charge is 0.205 e. The Morgan fingerprint density at radius 2 is 1.88 bits per heavy atom. The van der Waals surface area contributed by atoms with Gasteiger partial charge in [0.25, 0.3) is 0 Å². The van der Waals surface area contributed by atoms with Crippen LogP contribution in [-0.2, 0) is 20.9 Å². The third-order valence-corrected chi connectivity index (χ3v) is 4.26. The zero-order chi connectivity index (χ0) is 13.1. The van der Waals surface area contributed by atoms with Gasteiger partial charge in [-0.15, -0.1) is 0 Å². The molecule has 1 aromatic carbocycles. The molecule has 1 aromatic rings. The van der Waals surface area contributed by atoms with Gasteiger partial charge in [0.15, 0.2) is 0 Å². The lowest BCUT2D eigenvalue weighted by molar-refractivity contribution is 0.310. The van der Waals surface area contributed by atoms with Crippen molar-refractivity contribution in [2.75, 3.05) is 0 Å². The first-order valence-electron chi connectivity index (χ1n) is 5.96. The number of benzene rings is 1. The summed E-state index contributed by atoms with van der Waals surface area (Å²) in [5.74, 6) is 0. The predicted molar refractivity (Wildman–Crippen MR) is 85.1 cm³/mol. The minimum absolute atomic E-state index is 0.189. The van der Waals surface area contributed by atoms with Crippen molar-refractivity contribution in [2.24, 2.45) is 0 Å². The lowest BCUT2D eigenvalue weighted by Crippen LogP contribution is -2.17. The molecule has 0 unspecified atom stereocenters. The maximum atomic E-state index is 5.84. The highest BCUT2D eigenvalue weighted by molar-refractivity contribution is 14.1. The molecule has 0 amide bonds. The molecular weight excluding hydrogens is 339 g/mol. The van der Waals surface area contributed by atoms with Crippen LogP contribution in [0.2, 0.25) is 13.1 Å². The second kappa shape index (κ2) is 6.34. The summed E-state index contributed by atoms with van der Waals surface area (Å²) in [6.07, 6.45) is 0. The molecule has 0 atom stereocenters. The summed E-state index contributed by atoms with van der Waals surface area (Å²) in [7, 11) is -0.611. The van der Waals surface area contributed by atoms with E-state index < -0.39 is 9.04 Å². The molecule has 95 valence electrons. The van der Waals surface area contributed by atoms with Gasteiger partial charge in [0.2, 0.25) is 9.04 Å². The predicted octanol–water partition coefficient (Wildman–Crippen LogP) is 4.69. The van der Waals surface area contributed by atoms with Gasteiger partial charge in [-0.1, -0.05) is 61.6 Å². The molecule has 0 bridgehead atoms. The zero-order valence-electron chi connectivity index (χ0n) is 11.4. The van der Waals surface area contributed by atoms with Crippen molar-refractivity contribution in [3.8, 4) is 0 Å². The Morgan fingerprint density at radius 3 is 2.35 bits per heavy atom. The summed E-state index contributed by atoms with van der Waals surface area (Å²) < 4.78 is 6.91. The molecule has 0 N–H and O–H groups in total. The van der Waals surface area contributed by atoms with Gasteiger partial charge in [0, 0.05) is 4.43 Å². The van der Waals surface area contributed by atoms with Gasteiger partial charge >= 0.3 is 0 Å². The molecule has 0 spiro atoms. The summed E-state index contributed by atoms with van der Waals surface area (Å²) >= 11 is 2.42. The van der Waals surface area contributed by atoms with Crippen LogP contribution in [0.1, 0.15) is 37.5 Å². The van der Waals surface area contributed by atoms with Crippen LogP contribution in [0.25, 0.3) is 0 Å². The highest BCUT2D eigenvalue weighted by Crippen LogP contribution is 2.28. The van der Waals surface area contributed by atoms with E-state index in [4.69, 9.17) is 4.43 Å². The van der Waals surface area contributed by atoms with E-state index in [0.29, 0.717) is 0 Å². The Balaban J connectivity index is 3.03. The minimum Gasteiger partial charge on any atom is -0.413 e. The number of alkyl halides is 1. The van der Waals surface area contributed by atoms with Gasteiger partial charge in [0.05, 0.1) is 6.61 Å². The maximum Gasteiger partial charge on any atom is 0.205 e. The lowest BCUT2D eigenvalue weighted by Gasteiger charge is -2.24. The van der Waals surface area contributed by atoms with Crippen LogP contribution >= 0.6 is 22.6 Å². The first-order chi connectivity index (χ1) is 7.84. The number of rotatable bonds is 4. The van der Waals surface area contributed by atoms with Crippen molar-refractivity contribution in [3.05, 3.63) is 34.9 Å². The first-order valence-corrected chi connectivity index (χ1v) is 9.89. The standard InChI is InChI=1S/C14H22IOSi/c1-14(2,3)13-8-11(9-15)6-7-12(13)10-16-17(4)5/h6-8H,9-10H2,1-5H3. The molecule has 0 saturated carbocycles. The topological polar surface area (TPSA) is 9.23 Å². The molecule has 0 aliphatic heterocycles. The van der Waals surface area contributed by atoms with E-state index in [1.165, 1.54) is 16.7 Å². The Labute approximate surface area is 121 Å². The average Bonchev–Trinajstić information content (AvgIpc) is 2.24. The SMILES string of the molecule is C[Si](C)OCc1ccc(CI)cc1C(C)(C)C. The molecule has 0 aliphatic rings. The van der Waals surface area contributed by atoms with E-state index in [1.807, 2.05) is 0 Å². The highest BCUT2D eigenvalue weighted by atomic mass is 127. The van der Waals surface area contributed by atoms with Crippen molar-refractivity contribution in [1.29, 1.82) is 0 Å². The summed E-state index contributed by atoms with van der Waals surface area (Å²) in [5, 5.41) is 0. The molecule has 0 fully saturated rings. The van der Waals surface area contributed by atoms with Crippen LogP contribution in [0.3, 0.4) is 0 Å². The first kappa shape index (κ1) is 15.2. The summed E-state index contributed by atoms with van der Waals surface area (Å²) in [6.45, 7) is 11.9. The monoisotopic (exact) mass is 361 g/mol. The quantitative estimate of drug-likeness (QED) is 0.430. The molecule has 0 aliphatic carbocycles. The normalized spacial score (nSPS) is 12.2. The molecule has 0 saturated heterocycles. The van der Waals surface area contributed by atoms with E-state index in [1.54, 1.807) is 0 Å². The van der Waals surface area contributed by atoms with Crippen LogP contribution in [0.4, 0.5) is 0 Å². The third-order valence-electron chi connectivity index (χ3n) is 2.65. The van der Waals surface area contributed by atoms with Crippen LogP contribution in [0.15, 0.2) is 18.2 Å². The molecule has 3 heteroatoms. The zero-order valence-corrected chi connectivity index (χ0v) is 14.6. The molecule has 17 heavy (non-hydrogen) atoms. The van der Waals surface area contributed by atoms with E-state index in [9.17, 15) is 0 Å². The fourth-order valence-electron chi connectivity index (χ4n) is 1.75. The average molecular weight is 361 g/mol. The fraction of sp³-hybridized carbons (Fsp3) is 0.571. The van der Waals surface area contributed by atoms with Gasteiger partial charge in [-0.2, -0.15) is 0 Å². The Morgan fingerprint density at radius 1 is 1.24 bits per heavy atom. The van der Waals surface area contributed by atoms with Crippen molar-refractivity contribution >= 4 is 31.6 Å². The Hall–Kier alpha value is 0.127. The second-order valence-electron chi connectivity index (χ2n) is 5.57. The van der Waals surface area contributed by atoms with E-state index in [0.717, 1.165) is 11.0 Å². The highest BCUT2D eigenvalue weighted by Gasteiger charge is 2.18. The van der Waals surface area contributed by atoms with Gasteiger partial charge in [-0.3, -0.25) is 0 Å². The molecule has 1 rings (SSSR count). The fourth-order valence-corrected chi connectivity index (χ4v) is 2.67. The molecular formula is C14H22IOSi. The van der Waals surface area contributed by atoms with Gasteiger partial charge < -0.3 is 4.43 Å². The minimum atomic E-state index is -0.611. The van der Waals surface area contributed by atoms with Crippen molar-refractivity contribution in [3.63, 3.8) is 0 Å². The van der Waals surface area contributed by atoms with Gasteiger partial charge in [-0.05, 0) is 35.2 Å². The molecule has 0 aromatic heterocycles. The van der Waals surface area contributed by atoms with E-state index in [2.05, 4.69) is 74.7 Å². The largest absolute Gasteiger partial charge is 0.413 e. The number of halogens is 1. The van der Waals surface area contributed by atoms with Crippen molar-refractivity contribution in [1.82, 2.24) is 0 Å². The second-order valence-corrected chi connectivity index (χ2v) is 8.44. The van der Waals surface area contributed by atoms with Crippen LogP contribution in [-0.4, -0.2) is 9.04 Å². The third kappa shape index (κ3) is 4.71. The van der Waals surface area contributed by atoms with Gasteiger partial charge in [-0.25, -0.2) is 0 Å².